The van der Waals surface area contributed by atoms with E-state index >= 15 is 0 Å². The van der Waals surface area contributed by atoms with Crippen LogP contribution in [-0.4, -0.2) is 30.8 Å². The van der Waals surface area contributed by atoms with E-state index < -0.39 is 0 Å². The fourth-order valence-electron chi connectivity index (χ4n) is 1.99. The van der Waals surface area contributed by atoms with Gasteiger partial charge in [-0.2, -0.15) is 0 Å². The summed E-state index contributed by atoms with van der Waals surface area (Å²) in [5.74, 6) is -0.294. The van der Waals surface area contributed by atoms with Gasteiger partial charge in [-0.05, 0) is 24.9 Å². The molecule has 0 aliphatic rings. The second-order valence-electron chi connectivity index (χ2n) is 5.34. The molecule has 0 aliphatic carbocycles. The first-order chi connectivity index (χ1) is 10.2. The lowest BCUT2D eigenvalue weighted by molar-refractivity contribution is -0.149. The monoisotopic (exact) mass is 293 g/mol. The minimum Gasteiger partial charge on any atom is -0.461 e. The molecule has 2 N–H and O–H groups in total. The maximum absolute atomic E-state index is 11.8. The molecule has 0 spiro atoms. The van der Waals surface area contributed by atoms with Crippen molar-refractivity contribution in [2.24, 2.45) is 5.92 Å². The Morgan fingerprint density at radius 2 is 1.90 bits per heavy atom. The molecule has 4 nitrogen and oxygen atoms in total. The van der Waals surface area contributed by atoms with Gasteiger partial charge in [0.05, 0.1) is 5.92 Å². The average molecular weight is 293 g/mol. The van der Waals surface area contributed by atoms with E-state index in [0.717, 1.165) is 37.8 Å². The van der Waals surface area contributed by atoms with Gasteiger partial charge in [-0.25, -0.2) is 0 Å². The summed E-state index contributed by atoms with van der Waals surface area (Å²) in [6.07, 6.45) is 4.13. The Balaban J connectivity index is 2.06. The van der Waals surface area contributed by atoms with Gasteiger partial charge in [-0.15, -0.1) is 0 Å². The number of carbonyl (C=O) groups is 1. The Morgan fingerprint density at radius 1 is 1.19 bits per heavy atom. The number of nitrogens with one attached hydrogen (secondary N) is 1. The van der Waals surface area contributed by atoms with Crippen molar-refractivity contribution in [3.05, 3.63) is 35.9 Å². The summed E-state index contributed by atoms with van der Waals surface area (Å²) < 4.78 is 5.29. The summed E-state index contributed by atoms with van der Waals surface area (Å²) in [4.78, 5) is 11.8. The smallest absolute Gasteiger partial charge is 0.310 e. The van der Waals surface area contributed by atoms with E-state index in [1.54, 1.807) is 0 Å². The van der Waals surface area contributed by atoms with E-state index in [1.807, 2.05) is 37.3 Å². The molecule has 1 aromatic carbocycles. The molecule has 0 saturated heterocycles. The summed E-state index contributed by atoms with van der Waals surface area (Å²) >= 11 is 0. The van der Waals surface area contributed by atoms with Gasteiger partial charge in [0, 0.05) is 13.2 Å². The number of benzene rings is 1. The standard InChI is InChI=1S/C17H27NO3/c1-15(13-18-11-7-2-3-8-12-19)17(20)21-14-16-9-5-4-6-10-16/h4-6,9-10,15,18-19H,2-3,7-8,11-14H2,1H3. The zero-order chi connectivity index (χ0) is 15.3. The van der Waals surface area contributed by atoms with Gasteiger partial charge < -0.3 is 15.2 Å². The number of hydrogen-bond donors (Lipinski definition) is 2. The first kappa shape index (κ1) is 17.7. The predicted octanol–water partition coefficient (Wildman–Crippen LogP) is 2.51. The number of hydrogen-bond acceptors (Lipinski definition) is 4. The van der Waals surface area contributed by atoms with Crippen molar-refractivity contribution < 1.29 is 14.6 Å². The topological polar surface area (TPSA) is 58.6 Å². The highest BCUT2D eigenvalue weighted by Crippen LogP contribution is 2.04. The van der Waals surface area contributed by atoms with E-state index in [9.17, 15) is 4.79 Å². The second-order valence-corrected chi connectivity index (χ2v) is 5.34. The lowest BCUT2D eigenvalue weighted by atomic mass is 10.1. The highest BCUT2D eigenvalue weighted by Gasteiger charge is 2.13. The van der Waals surface area contributed by atoms with E-state index in [0.29, 0.717) is 13.2 Å². The van der Waals surface area contributed by atoms with Crippen molar-refractivity contribution in [2.45, 2.75) is 39.2 Å². The van der Waals surface area contributed by atoms with Crippen molar-refractivity contribution in [1.29, 1.82) is 0 Å². The van der Waals surface area contributed by atoms with Crippen molar-refractivity contribution >= 4 is 5.97 Å². The molecule has 0 saturated carbocycles. The molecule has 0 fully saturated rings. The molecule has 1 atom stereocenters. The van der Waals surface area contributed by atoms with Gasteiger partial charge in [-0.1, -0.05) is 50.1 Å². The van der Waals surface area contributed by atoms with E-state index in [4.69, 9.17) is 9.84 Å². The molecule has 1 aromatic rings. The largest absolute Gasteiger partial charge is 0.461 e. The first-order valence-electron chi connectivity index (χ1n) is 7.76. The van der Waals surface area contributed by atoms with Gasteiger partial charge in [-0.3, -0.25) is 4.79 Å². The number of ether oxygens (including phenoxy) is 1. The van der Waals surface area contributed by atoms with E-state index in [-0.39, 0.29) is 18.5 Å². The van der Waals surface area contributed by atoms with Crippen molar-refractivity contribution in [2.75, 3.05) is 19.7 Å². The molecule has 0 aliphatic heterocycles. The van der Waals surface area contributed by atoms with Crippen molar-refractivity contribution in [3.63, 3.8) is 0 Å². The van der Waals surface area contributed by atoms with Crippen LogP contribution in [0.5, 0.6) is 0 Å². The third-order valence-corrected chi connectivity index (χ3v) is 3.34. The average Bonchev–Trinajstić information content (AvgIpc) is 2.52. The molecular formula is C17H27NO3. The van der Waals surface area contributed by atoms with Crippen LogP contribution in [0, 0.1) is 5.92 Å². The molecule has 21 heavy (non-hydrogen) atoms. The maximum Gasteiger partial charge on any atom is 0.310 e. The second kappa shape index (κ2) is 11.3. The first-order valence-corrected chi connectivity index (χ1v) is 7.76. The zero-order valence-corrected chi connectivity index (χ0v) is 12.9. The van der Waals surface area contributed by atoms with E-state index in [1.165, 1.54) is 0 Å². The summed E-state index contributed by atoms with van der Waals surface area (Å²) in [7, 11) is 0. The number of esters is 1. The van der Waals surface area contributed by atoms with Gasteiger partial charge in [0.25, 0.3) is 0 Å². The third-order valence-electron chi connectivity index (χ3n) is 3.34. The highest BCUT2D eigenvalue weighted by molar-refractivity contribution is 5.72. The molecule has 0 radical (unpaired) electrons. The molecule has 0 heterocycles. The highest BCUT2D eigenvalue weighted by atomic mass is 16.5. The third kappa shape index (κ3) is 8.48. The minimum atomic E-state index is -0.161. The Hall–Kier alpha value is -1.39. The Labute approximate surface area is 127 Å². The molecule has 0 amide bonds. The number of aliphatic hydroxyl groups excluding tert-OH is 1. The lowest BCUT2D eigenvalue weighted by Crippen LogP contribution is -2.28. The van der Waals surface area contributed by atoms with Crippen LogP contribution in [0.1, 0.15) is 38.2 Å². The maximum atomic E-state index is 11.8. The Bertz CT molecular complexity index is 381. The zero-order valence-electron chi connectivity index (χ0n) is 12.9. The summed E-state index contributed by atoms with van der Waals surface area (Å²) in [6, 6.07) is 9.71. The van der Waals surface area contributed by atoms with Crippen LogP contribution >= 0.6 is 0 Å². The SMILES string of the molecule is CC(CNCCCCCCO)C(=O)OCc1ccccc1. The minimum absolute atomic E-state index is 0.133. The number of carbonyl (C=O) groups excluding carboxylic acids is 1. The molecule has 0 aromatic heterocycles. The number of unbranched alkanes of at least 4 members (excludes halogenated alkanes) is 3. The fourth-order valence-corrected chi connectivity index (χ4v) is 1.99. The van der Waals surface area contributed by atoms with Gasteiger partial charge >= 0.3 is 5.97 Å². The fraction of sp³-hybridized carbons (Fsp3) is 0.588. The summed E-state index contributed by atoms with van der Waals surface area (Å²) in [6.45, 7) is 4.05. The Kier molecular flexibility index (Phi) is 9.49. The van der Waals surface area contributed by atoms with Gasteiger partial charge in [0.1, 0.15) is 6.61 Å². The Morgan fingerprint density at radius 3 is 2.62 bits per heavy atom. The number of rotatable bonds is 11. The van der Waals surface area contributed by atoms with Crippen LogP contribution in [0.15, 0.2) is 30.3 Å². The van der Waals surface area contributed by atoms with Crippen molar-refractivity contribution in [1.82, 2.24) is 5.32 Å². The van der Waals surface area contributed by atoms with Crippen LogP contribution in [0.4, 0.5) is 0 Å². The van der Waals surface area contributed by atoms with Crippen molar-refractivity contribution in [3.8, 4) is 0 Å². The molecule has 1 rings (SSSR count). The van der Waals surface area contributed by atoms with Gasteiger partial charge in [0.15, 0.2) is 0 Å². The van der Waals surface area contributed by atoms with Crippen LogP contribution in [0.25, 0.3) is 0 Å². The molecular weight excluding hydrogens is 266 g/mol. The predicted molar refractivity (Wildman–Crippen MR) is 83.8 cm³/mol. The molecule has 0 bridgehead atoms. The molecule has 1 unspecified atom stereocenters. The van der Waals surface area contributed by atoms with Crippen LogP contribution in [0.3, 0.4) is 0 Å². The van der Waals surface area contributed by atoms with E-state index in [2.05, 4.69) is 5.32 Å². The summed E-state index contributed by atoms with van der Waals surface area (Å²) in [5.41, 5.74) is 1.01. The van der Waals surface area contributed by atoms with Crippen LogP contribution in [0.2, 0.25) is 0 Å². The quantitative estimate of drug-likeness (QED) is 0.486. The van der Waals surface area contributed by atoms with Crippen LogP contribution in [-0.2, 0) is 16.1 Å². The molecule has 4 heteroatoms. The normalized spacial score (nSPS) is 12.1. The summed E-state index contributed by atoms with van der Waals surface area (Å²) in [5, 5.41) is 11.9. The van der Waals surface area contributed by atoms with Crippen LogP contribution < -0.4 is 5.32 Å². The van der Waals surface area contributed by atoms with Gasteiger partial charge in [0.2, 0.25) is 0 Å². The lowest BCUT2D eigenvalue weighted by Gasteiger charge is -2.12. The molecule has 118 valence electrons. The number of aliphatic hydroxyl groups is 1.